The van der Waals surface area contributed by atoms with Crippen molar-refractivity contribution < 1.29 is 14.3 Å². The Morgan fingerprint density at radius 3 is 2.58 bits per heavy atom. The van der Waals surface area contributed by atoms with Gasteiger partial charge in [0.1, 0.15) is 0 Å². The minimum Gasteiger partial charge on any atom is -0.469 e. The number of allylic oxidation sites excluding steroid dienone is 1. The largest absolute Gasteiger partial charge is 0.469 e. The number of esters is 1. The van der Waals surface area contributed by atoms with E-state index in [0.717, 1.165) is 42.3 Å². The lowest BCUT2D eigenvalue weighted by atomic mass is 9.95. The predicted octanol–water partition coefficient (Wildman–Crippen LogP) is 7.03. The number of hydrogen-bond donors (Lipinski definition) is 0. The van der Waals surface area contributed by atoms with E-state index in [1.807, 2.05) is 42.8 Å². The molecule has 3 aromatic rings. The van der Waals surface area contributed by atoms with E-state index in [0.29, 0.717) is 10.6 Å². The van der Waals surface area contributed by atoms with Crippen LogP contribution in [0.5, 0.6) is 0 Å². The monoisotopic (exact) mass is 465 g/mol. The fraction of sp³-hybridized carbons (Fsp3) is 0.357. The zero-order valence-electron chi connectivity index (χ0n) is 19.6. The van der Waals surface area contributed by atoms with Gasteiger partial charge >= 0.3 is 5.97 Å². The van der Waals surface area contributed by atoms with E-state index in [2.05, 4.69) is 36.4 Å². The van der Waals surface area contributed by atoms with Crippen molar-refractivity contribution in [3.05, 3.63) is 76.5 Å². The number of halogens is 1. The van der Waals surface area contributed by atoms with E-state index in [4.69, 9.17) is 16.3 Å². The first-order valence-electron chi connectivity index (χ1n) is 11.5. The highest BCUT2D eigenvalue weighted by molar-refractivity contribution is 6.31. The van der Waals surface area contributed by atoms with E-state index < -0.39 is 0 Å². The summed E-state index contributed by atoms with van der Waals surface area (Å²) in [5.74, 6) is -0.385. The number of nitrogens with zero attached hydrogens (tertiary/aromatic N) is 1. The molecule has 1 aromatic heterocycles. The number of methoxy groups -OCH3 is 1. The van der Waals surface area contributed by atoms with Crippen LogP contribution < -0.4 is 0 Å². The number of ketones is 1. The lowest BCUT2D eigenvalue weighted by Gasteiger charge is -2.10. The molecule has 0 aliphatic carbocycles. The molecule has 0 radical (unpaired) electrons. The smallest absolute Gasteiger partial charge is 0.305 e. The van der Waals surface area contributed by atoms with Crippen LogP contribution in [-0.2, 0) is 23.0 Å². The Bertz CT molecular complexity index is 1130. The Morgan fingerprint density at radius 1 is 1.09 bits per heavy atom. The summed E-state index contributed by atoms with van der Waals surface area (Å²) < 4.78 is 6.80. The Balaban J connectivity index is 1.75. The molecule has 3 rings (SSSR count). The molecular weight excluding hydrogens is 434 g/mol. The highest BCUT2D eigenvalue weighted by atomic mass is 35.5. The van der Waals surface area contributed by atoms with Crippen molar-refractivity contribution in [1.82, 2.24) is 4.57 Å². The third-order valence-electron chi connectivity index (χ3n) is 5.97. The van der Waals surface area contributed by atoms with E-state index in [1.54, 1.807) is 0 Å². The molecule has 0 saturated carbocycles. The predicted molar refractivity (Wildman–Crippen MR) is 136 cm³/mol. The molecule has 1 heterocycles. The number of unbranched alkanes of at least 4 members (excludes halogenated alkanes) is 2. The van der Waals surface area contributed by atoms with Crippen LogP contribution in [-0.4, -0.2) is 23.4 Å². The summed E-state index contributed by atoms with van der Waals surface area (Å²) in [6.45, 7) is 1.90. The maximum atomic E-state index is 13.3. The van der Waals surface area contributed by atoms with Crippen LogP contribution in [0, 0.1) is 5.92 Å². The molecule has 0 N–H and O–H groups in total. The van der Waals surface area contributed by atoms with Crippen LogP contribution in [0.3, 0.4) is 0 Å². The van der Waals surface area contributed by atoms with Gasteiger partial charge in [0.2, 0.25) is 0 Å². The van der Waals surface area contributed by atoms with Gasteiger partial charge in [-0.1, -0.05) is 54.9 Å². The van der Waals surface area contributed by atoms with Gasteiger partial charge in [0, 0.05) is 35.8 Å². The third-order valence-corrected chi connectivity index (χ3v) is 6.20. The van der Waals surface area contributed by atoms with Crippen LogP contribution in [0.4, 0.5) is 0 Å². The maximum Gasteiger partial charge on any atom is 0.305 e. The van der Waals surface area contributed by atoms with E-state index in [1.165, 1.54) is 12.7 Å². The molecule has 174 valence electrons. The number of carbonyl (C=O) groups excluding carboxylic acids is 2. The number of fused-ring (bicyclic) bond motifs is 1. The summed E-state index contributed by atoms with van der Waals surface area (Å²) in [6.07, 6.45) is 8.92. The first-order chi connectivity index (χ1) is 15.9. The number of Topliss-reactive ketones (excluding diaryl/α,β-unsaturated/α-hetero) is 1. The Morgan fingerprint density at radius 2 is 1.85 bits per heavy atom. The Labute approximate surface area is 201 Å². The second kappa shape index (κ2) is 11.9. The standard InChI is InChI=1S/C28H32ClNO3/c1-20(18-27(32)33-3)17-26(31)28-23-19-22(29)15-16-24(23)30(2)25(28)14-10-5-4-7-11-21-12-8-6-9-13-21/h6,8-10,12-16,19-20H,4-5,7,11,17-18H2,1-3H3/b14-10+. The van der Waals surface area contributed by atoms with Gasteiger partial charge in [-0.15, -0.1) is 0 Å². The van der Waals surface area contributed by atoms with Crippen molar-refractivity contribution in [2.75, 3.05) is 7.11 Å². The SMILES string of the molecule is COC(=O)CC(C)CC(=O)c1c(/C=C/CCCCc2ccccc2)n(C)c2ccc(Cl)cc12. The van der Waals surface area contributed by atoms with Crippen LogP contribution in [0.1, 0.15) is 60.6 Å². The number of hydrogen-bond acceptors (Lipinski definition) is 3. The first-order valence-corrected chi connectivity index (χ1v) is 11.9. The average molecular weight is 466 g/mol. The second-order valence-electron chi connectivity index (χ2n) is 8.63. The third kappa shape index (κ3) is 6.58. The minimum atomic E-state index is -0.299. The van der Waals surface area contributed by atoms with Crippen molar-refractivity contribution in [2.45, 2.75) is 45.4 Å². The molecule has 1 atom stereocenters. The van der Waals surface area contributed by atoms with Crippen molar-refractivity contribution in [3.63, 3.8) is 0 Å². The van der Waals surface area contributed by atoms with Gasteiger partial charge in [0.15, 0.2) is 5.78 Å². The number of carbonyl (C=O) groups is 2. The average Bonchev–Trinajstić information content (AvgIpc) is 3.07. The molecule has 0 fully saturated rings. The van der Waals surface area contributed by atoms with Crippen molar-refractivity contribution in [1.29, 1.82) is 0 Å². The first kappa shape index (κ1) is 24.8. The summed E-state index contributed by atoms with van der Waals surface area (Å²) in [6, 6.07) is 16.2. The topological polar surface area (TPSA) is 48.3 Å². The molecule has 2 aromatic carbocycles. The lowest BCUT2D eigenvalue weighted by molar-refractivity contribution is -0.141. The highest BCUT2D eigenvalue weighted by Crippen LogP contribution is 2.31. The van der Waals surface area contributed by atoms with E-state index >= 15 is 0 Å². The Hall–Kier alpha value is -2.85. The van der Waals surface area contributed by atoms with Crippen molar-refractivity contribution in [3.8, 4) is 0 Å². The zero-order valence-corrected chi connectivity index (χ0v) is 20.4. The molecule has 0 bridgehead atoms. The summed E-state index contributed by atoms with van der Waals surface area (Å²) >= 11 is 6.26. The molecule has 0 amide bonds. The van der Waals surface area contributed by atoms with E-state index in [-0.39, 0.29) is 30.5 Å². The maximum absolute atomic E-state index is 13.3. The van der Waals surface area contributed by atoms with Gasteiger partial charge in [0.05, 0.1) is 18.4 Å². The highest BCUT2D eigenvalue weighted by Gasteiger charge is 2.22. The number of rotatable bonds is 11. The zero-order chi connectivity index (χ0) is 23.8. The molecular formula is C28H32ClNO3. The molecule has 0 aliphatic heterocycles. The molecule has 33 heavy (non-hydrogen) atoms. The van der Waals surface area contributed by atoms with Gasteiger partial charge in [0.25, 0.3) is 0 Å². The summed E-state index contributed by atoms with van der Waals surface area (Å²) in [7, 11) is 3.34. The molecule has 0 aliphatic rings. The lowest BCUT2D eigenvalue weighted by Crippen LogP contribution is -2.12. The number of aromatic nitrogens is 1. The number of aryl methyl sites for hydroxylation is 2. The van der Waals surface area contributed by atoms with Gasteiger partial charge in [-0.3, -0.25) is 9.59 Å². The number of ether oxygens (including phenoxy) is 1. The van der Waals surface area contributed by atoms with Gasteiger partial charge in [-0.05, 0) is 61.4 Å². The van der Waals surface area contributed by atoms with Crippen LogP contribution in [0.25, 0.3) is 17.0 Å². The minimum absolute atomic E-state index is 0.0167. The van der Waals surface area contributed by atoms with Gasteiger partial charge in [-0.25, -0.2) is 0 Å². The van der Waals surface area contributed by atoms with E-state index in [9.17, 15) is 9.59 Å². The van der Waals surface area contributed by atoms with Crippen molar-refractivity contribution in [2.24, 2.45) is 13.0 Å². The Kier molecular flexibility index (Phi) is 8.90. The van der Waals surface area contributed by atoms with Crippen LogP contribution >= 0.6 is 11.6 Å². The summed E-state index contributed by atoms with van der Waals surface area (Å²) in [4.78, 5) is 25.0. The molecule has 0 saturated heterocycles. The quantitative estimate of drug-likeness (QED) is 0.173. The van der Waals surface area contributed by atoms with Gasteiger partial charge in [-0.2, -0.15) is 0 Å². The molecule has 1 unspecified atom stereocenters. The molecule has 5 heteroatoms. The van der Waals surface area contributed by atoms with Crippen molar-refractivity contribution >= 4 is 40.3 Å². The van der Waals surface area contributed by atoms with Crippen LogP contribution in [0.15, 0.2) is 54.6 Å². The summed E-state index contributed by atoms with van der Waals surface area (Å²) in [5.41, 5.74) is 3.88. The fourth-order valence-corrected chi connectivity index (χ4v) is 4.39. The van der Waals surface area contributed by atoms with Crippen LogP contribution in [0.2, 0.25) is 5.02 Å². The summed E-state index contributed by atoms with van der Waals surface area (Å²) in [5, 5.41) is 1.45. The fourth-order valence-electron chi connectivity index (χ4n) is 4.21. The molecule has 4 nitrogen and oxygen atoms in total. The van der Waals surface area contributed by atoms with Gasteiger partial charge < -0.3 is 9.30 Å². The normalized spacial score (nSPS) is 12.4. The number of benzene rings is 2. The molecule has 0 spiro atoms. The second-order valence-corrected chi connectivity index (χ2v) is 9.06.